The molecule has 2 aliphatic heterocycles. The van der Waals surface area contributed by atoms with Gasteiger partial charge in [0, 0.05) is 45.0 Å². The van der Waals surface area contributed by atoms with Crippen molar-refractivity contribution in [2.45, 2.75) is 31.7 Å². The molecule has 2 saturated heterocycles. The molecule has 0 aliphatic carbocycles. The second-order valence-corrected chi connectivity index (χ2v) is 8.69. The Bertz CT molecular complexity index is 1020. The summed E-state index contributed by atoms with van der Waals surface area (Å²) in [7, 11) is 0. The van der Waals surface area contributed by atoms with E-state index in [1.165, 1.54) is 22.9 Å². The van der Waals surface area contributed by atoms with Crippen LogP contribution in [0.3, 0.4) is 0 Å². The van der Waals surface area contributed by atoms with Gasteiger partial charge < -0.3 is 20.9 Å². The fraction of sp³-hybridized carbons (Fsp3) is 0.522. The van der Waals surface area contributed by atoms with E-state index in [4.69, 9.17) is 5.73 Å². The van der Waals surface area contributed by atoms with Gasteiger partial charge in [-0.25, -0.2) is 14.0 Å². The van der Waals surface area contributed by atoms with Crippen molar-refractivity contribution in [1.82, 2.24) is 24.7 Å². The number of amides is 2. The van der Waals surface area contributed by atoms with Gasteiger partial charge in [0.15, 0.2) is 0 Å². The molecule has 4 rings (SSSR count). The van der Waals surface area contributed by atoms with Crippen LogP contribution in [-0.4, -0.2) is 77.2 Å². The smallest absolute Gasteiger partial charge is 0.328 e. The van der Waals surface area contributed by atoms with Crippen LogP contribution in [0.5, 0.6) is 0 Å². The molecule has 2 aliphatic rings. The maximum absolute atomic E-state index is 14.8. The summed E-state index contributed by atoms with van der Waals surface area (Å²) in [4.78, 5) is 32.8. The second kappa shape index (κ2) is 10.9. The molecule has 1 unspecified atom stereocenters. The SMILES string of the molecule is NC1CCCN(CCc2ccc(-n3ccc(NC(=O)N4CCNCC4)nc3=O)cc2F)CC1. The average Bonchev–Trinajstić information content (AvgIpc) is 3.03. The summed E-state index contributed by atoms with van der Waals surface area (Å²) in [5.41, 5.74) is 6.47. The van der Waals surface area contributed by atoms with Crippen LogP contribution in [0.25, 0.3) is 5.69 Å². The molecule has 178 valence electrons. The lowest BCUT2D eigenvalue weighted by Crippen LogP contribution is -2.48. The van der Waals surface area contributed by atoms with Crippen LogP contribution in [0.4, 0.5) is 15.0 Å². The first-order chi connectivity index (χ1) is 16.0. The maximum Gasteiger partial charge on any atom is 0.354 e. The van der Waals surface area contributed by atoms with Gasteiger partial charge in [-0.15, -0.1) is 0 Å². The Morgan fingerprint density at radius 1 is 1.18 bits per heavy atom. The lowest BCUT2D eigenvalue weighted by atomic mass is 10.1. The minimum Gasteiger partial charge on any atom is -0.328 e. The van der Waals surface area contributed by atoms with E-state index in [-0.39, 0.29) is 23.7 Å². The molecule has 9 nitrogen and oxygen atoms in total. The highest BCUT2D eigenvalue weighted by molar-refractivity contribution is 5.88. The number of likely N-dealkylation sites (tertiary alicyclic amines) is 1. The highest BCUT2D eigenvalue weighted by atomic mass is 19.1. The van der Waals surface area contributed by atoms with Crippen LogP contribution in [0.15, 0.2) is 35.3 Å². The first kappa shape index (κ1) is 23.3. The molecule has 10 heteroatoms. The largest absolute Gasteiger partial charge is 0.354 e. The van der Waals surface area contributed by atoms with E-state index in [9.17, 15) is 14.0 Å². The summed E-state index contributed by atoms with van der Waals surface area (Å²) in [5.74, 6) is -0.170. The Kier molecular flexibility index (Phi) is 7.69. The molecule has 0 spiro atoms. The van der Waals surface area contributed by atoms with Crippen molar-refractivity contribution in [1.29, 1.82) is 0 Å². The number of nitrogens with two attached hydrogens (primary N) is 1. The van der Waals surface area contributed by atoms with Crippen LogP contribution in [0, 0.1) is 5.82 Å². The standard InChI is InChI=1S/C23H32FN7O2/c24-20-16-19(4-3-17(20)5-11-29-10-1-2-18(25)6-12-29)31-13-7-21(28-23(31)33)27-22(32)30-14-8-26-9-15-30/h3-4,7,13,16,18,26H,1-2,5-6,8-12,14-15,25H2,(H,27,28,32,33). The average molecular weight is 458 g/mol. The zero-order valence-corrected chi connectivity index (χ0v) is 18.8. The van der Waals surface area contributed by atoms with Crippen LogP contribution >= 0.6 is 0 Å². The molecule has 3 heterocycles. The zero-order chi connectivity index (χ0) is 23.2. The van der Waals surface area contributed by atoms with Gasteiger partial charge in [0.2, 0.25) is 0 Å². The Morgan fingerprint density at radius 2 is 2.00 bits per heavy atom. The summed E-state index contributed by atoms with van der Waals surface area (Å²) in [6.45, 7) is 5.38. The third-order valence-electron chi connectivity index (χ3n) is 6.32. The maximum atomic E-state index is 14.8. The molecule has 0 radical (unpaired) electrons. The number of urea groups is 1. The molecule has 1 aromatic carbocycles. The second-order valence-electron chi connectivity index (χ2n) is 8.69. The Hall–Kier alpha value is -2.82. The number of hydrogen-bond acceptors (Lipinski definition) is 6. The van der Waals surface area contributed by atoms with E-state index in [1.807, 2.05) is 0 Å². The molecule has 0 bridgehead atoms. The van der Waals surface area contributed by atoms with E-state index in [1.54, 1.807) is 17.0 Å². The summed E-state index contributed by atoms with van der Waals surface area (Å²) < 4.78 is 16.0. The topological polar surface area (TPSA) is 109 Å². The Morgan fingerprint density at radius 3 is 2.76 bits per heavy atom. The lowest BCUT2D eigenvalue weighted by molar-refractivity contribution is 0.204. The van der Waals surface area contributed by atoms with E-state index >= 15 is 0 Å². The molecular weight excluding hydrogens is 425 g/mol. The minimum atomic E-state index is -0.582. The highest BCUT2D eigenvalue weighted by Crippen LogP contribution is 2.16. The Balaban J connectivity index is 1.38. The van der Waals surface area contributed by atoms with E-state index in [2.05, 4.69) is 20.5 Å². The molecule has 0 saturated carbocycles. The normalized spacial score (nSPS) is 19.8. The molecule has 33 heavy (non-hydrogen) atoms. The number of rotatable bonds is 5. The van der Waals surface area contributed by atoms with E-state index < -0.39 is 5.69 Å². The number of benzene rings is 1. The number of nitrogens with one attached hydrogen (secondary N) is 2. The van der Waals surface area contributed by atoms with Crippen LogP contribution in [-0.2, 0) is 6.42 Å². The van der Waals surface area contributed by atoms with Crippen LogP contribution in [0.2, 0.25) is 0 Å². The van der Waals surface area contributed by atoms with Crippen LogP contribution in [0.1, 0.15) is 24.8 Å². The van der Waals surface area contributed by atoms with Crippen molar-refractivity contribution in [3.8, 4) is 5.69 Å². The van der Waals surface area contributed by atoms with Crippen molar-refractivity contribution in [2.75, 3.05) is 51.1 Å². The third-order valence-corrected chi connectivity index (χ3v) is 6.32. The third kappa shape index (κ3) is 6.16. The number of carbonyl (C=O) groups excluding carboxylic acids is 1. The number of halogens is 1. The lowest BCUT2D eigenvalue weighted by Gasteiger charge is -2.27. The molecule has 2 aromatic rings. The molecular formula is C23H32FN7O2. The summed E-state index contributed by atoms with van der Waals surface area (Å²) in [6, 6.07) is 6.31. The van der Waals surface area contributed by atoms with Gasteiger partial charge >= 0.3 is 11.7 Å². The van der Waals surface area contributed by atoms with E-state index in [0.29, 0.717) is 30.8 Å². The first-order valence-electron chi connectivity index (χ1n) is 11.6. The Labute approximate surface area is 192 Å². The first-order valence-corrected chi connectivity index (χ1v) is 11.6. The van der Waals surface area contributed by atoms with Gasteiger partial charge in [-0.1, -0.05) is 6.07 Å². The number of carbonyl (C=O) groups is 1. The summed E-state index contributed by atoms with van der Waals surface area (Å²) in [5, 5.41) is 5.83. The predicted molar refractivity (Wildman–Crippen MR) is 125 cm³/mol. The van der Waals surface area contributed by atoms with Crippen LogP contribution < -0.4 is 22.1 Å². The fourth-order valence-electron chi connectivity index (χ4n) is 4.30. The monoisotopic (exact) mass is 457 g/mol. The number of piperazine rings is 1. The van der Waals surface area contributed by atoms with Gasteiger partial charge in [-0.2, -0.15) is 4.98 Å². The van der Waals surface area contributed by atoms with Crippen molar-refractivity contribution in [2.24, 2.45) is 5.73 Å². The summed E-state index contributed by atoms with van der Waals surface area (Å²) >= 11 is 0. The summed E-state index contributed by atoms with van der Waals surface area (Å²) in [6.07, 6.45) is 5.19. The fourth-order valence-corrected chi connectivity index (χ4v) is 4.30. The van der Waals surface area contributed by atoms with Gasteiger partial charge in [-0.05, 0) is 62.5 Å². The van der Waals surface area contributed by atoms with E-state index in [0.717, 1.165) is 52.0 Å². The highest BCUT2D eigenvalue weighted by Gasteiger charge is 2.17. The molecule has 1 aromatic heterocycles. The molecule has 4 N–H and O–H groups in total. The van der Waals surface area contributed by atoms with Gasteiger partial charge in [-0.3, -0.25) is 9.88 Å². The van der Waals surface area contributed by atoms with Gasteiger partial charge in [0.05, 0.1) is 5.69 Å². The quantitative estimate of drug-likeness (QED) is 0.622. The minimum absolute atomic E-state index is 0.175. The number of aromatic nitrogens is 2. The van der Waals surface area contributed by atoms with Gasteiger partial charge in [0.25, 0.3) is 0 Å². The number of anilines is 1. The van der Waals surface area contributed by atoms with Crippen molar-refractivity contribution in [3.05, 3.63) is 52.3 Å². The van der Waals surface area contributed by atoms with Crippen molar-refractivity contribution in [3.63, 3.8) is 0 Å². The number of nitrogens with zero attached hydrogens (tertiary/aromatic N) is 4. The van der Waals surface area contributed by atoms with Crippen molar-refractivity contribution >= 4 is 11.8 Å². The molecule has 2 fully saturated rings. The predicted octanol–water partition coefficient (Wildman–Crippen LogP) is 1.16. The number of hydrogen-bond donors (Lipinski definition) is 3. The van der Waals surface area contributed by atoms with Gasteiger partial charge in [0.1, 0.15) is 11.6 Å². The molecule has 1 atom stereocenters. The van der Waals surface area contributed by atoms with Crippen molar-refractivity contribution < 1.29 is 9.18 Å². The molecule has 2 amide bonds. The zero-order valence-electron chi connectivity index (χ0n) is 18.8.